The van der Waals surface area contributed by atoms with E-state index in [1.165, 1.54) is 0 Å². The molecule has 0 radical (unpaired) electrons. The third kappa shape index (κ3) is 6.08. The summed E-state index contributed by atoms with van der Waals surface area (Å²) in [6.45, 7) is 0.921. The van der Waals surface area contributed by atoms with Crippen LogP contribution >= 0.6 is 0 Å². The van der Waals surface area contributed by atoms with Crippen LogP contribution in [-0.2, 0) is 9.53 Å². The first-order chi connectivity index (χ1) is 16.6. The van der Waals surface area contributed by atoms with Crippen molar-refractivity contribution in [2.24, 2.45) is 0 Å². The first-order valence-electron chi connectivity index (χ1n) is 11.2. The van der Waals surface area contributed by atoms with Gasteiger partial charge in [0.05, 0.1) is 17.4 Å². The Bertz CT molecular complexity index is 1140. The minimum absolute atomic E-state index is 0.0356. The molecular formula is C27H26N2O5. The highest BCUT2D eigenvalue weighted by Gasteiger charge is 2.18. The van der Waals surface area contributed by atoms with Crippen molar-refractivity contribution in [2.45, 2.75) is 18.9 Å². The molecule has 3 aromatic rings. The van der Waals surface area contributed by atoms with Gasteiger partial charge >= 0.3 is 0 Å². The van der Waals surface area contributed by atoms with Crippen LogP contribution in [0.1, 0.15) is 39.1 Å². The number of nitrogens with one attached hydrogen (secondary N) is 2. The Morgan fingerprint density at radius 1 is 0.882 bits per heavy atom. The minimum atomic E-state index is -0.399. The zero-order valence-electron chi connectivity index (χ0n) is 18.7. The van der Waals surface area contributed by atoms with Crippen molar-refractivity contribution in [1.29, 1.82) is 0 Å². The second-order valence-electron chi connectivity index (χ2n) is 7.95. The number of hydrogen-bond acceptors (Lipinski definition) is 5. The van der Waals surface area contributed by atoms with Crippen LogP contribution in [0.15, 0.2) is 78.9 Å². The van der Waals surface area contributed by atoms with Gasteiger partial charge in [-0.15, -0.1) is 0 Å². The largest absolute Gasteiger partial charge is 0.484 e. The number of carbonyl (C=O) groups excluding carboxylic acids is 3. The van der Waals surface area contributed by atoms with E-state index in [0.29, 0.717) is 34.7 Å². The Morgan fingerprint density at radius 2 is 1.59 bits per heavy atom. The van der Waals surface area contributed by atoms with Crippen LogP contribution in [0.5, 0.6) is 5.75 Å². The summed E-state index contributed by atoms with van der Waals surface area (Å²) >= 11 is 0. The number of carbonyl (C=O) groups is 3. The lowest BCUT2D eigenvalue weighted by atomic mass is 10.0. The van der Waals surface area contributed by atoms with E-state index in [0.717, 1.165) is 19.4 Å². The number of hydrogen-bond donors (Lipinski definition) is 2. The number of ether oxygens (including phenoxy) is 2. The summed E-state index contributed by atoms with van der Waals surface area (Å²) in [4.78, 5) is 37.5. The lowest BCUT2D eigenvalue weighted by Crippen LogP contribution is -2.32. The second-order valence-corrected chi connectivity index (χ2v) is 7.95. The predicted molar refractivity (Wildman–Crippen MR) is 128 cm³/mol. The Hall–Kier alpha value is -3.97. The molecule has 34 heavy (non-hydrogen) atoms. The molecule has 7 nitrogen and oxygen atoms in total. The fourth-order valence-electron chi connectivity index (χ4n) is 3.69. The van der Waals surface area contributed by atoms with Crippen LogP contribution in [0.4, 0.5) is 5.69 Å². The Labute approximate surface area is 198 Å². The molecule has 1 heterocycles. The third-order valence-corrected chi connectivity index (χ3v) is 5.48. The fourth-order valence-corrected chi connectivity index (χ4v) is 3.69. The maximum atomic E-state index is 12.6. The van der Waals surface area contributed by atoms with Crippen LogP contribution in [0, 0.1) is 0 Å². The topological polar surface area (TPSA) is 93.7 Å². The van der Waals surface area contributed by atoms with E-state index in [2.05, 4.69) is 10.6 Å². The molecule has 0 saturated carbocycles. The van der Waals surface area contributed by atoms with E-state index in [9.17, 15) is 14.4 Å². The molecule has 1 atom stereocenters. The van der Waals surface area contributed by atoms with Gasteiger partial charge in [0.2, 0.25) is 0 Å². The third-order valence-electron chi connectivity index (χ3n) is 5.48. The number of amides is 2. The number of para-hydroxylation sites is 1. The molecular weight excluding hydrogens is 432 g/mol. The van der Waals surface area contributed by atoms with Gasteiger partial charge in [0.15, 0.2) is 12.4 Å². The standard InChI is InChI=1S/C27H26N2O5/c30-25(18-34-21-14-12-20(13-15-21)26(31)19-7-2-1-3-8-19)29-24-11-5-4-10-23(24)27(32)28-17-22-9-6-16-33-22/h1-5,7-8,10-15,22H,6,9,16-18H2,(H,28,32)(H,29,30). The lowest BCUT2D eigenvalue weighted by Gasteiger charge is -2.14. The van der Waals surface area contributed by atoms with Gasteiger partial charge in [-0.2, -0.15) is 0 Å². The van der Waals surface area contributed by atoms with Crippen LogP contribution in [0.2, 0.25) is 0 Å². The highest BCUT2D eigenvalue weighted by atomic mass is 16.5. The molecule has 0 aromatic heterocycles. The van der Waals surface area contributed by atoms with Gasteiger partial charge in [0.25, 0.3) is 11.8 Å². The average Bonchev–Trinajstić information content (AvgIpc) is 3.41. The van der Waals surface area contributed by atoms with Crippen molar-refractivity contribution < 1.29 is 23.9 Å². The molecule has 0 aliphatic carbocycles. The first-order valence-corrected chi connectivity index (χ1v) is 11.2. The molecule has 2 N–H and O–H groups in total. The lowest BCUT2D eigenvalue weighted by molar-refractivity contribution is -0.118. The van der Waals surface area contributed by atoms with E-state index in [-0.39, 0.29) is 24.4 Å². The zero-order chi connectivity index (χ0) is 23.8. The highest BCUT2D eigenvalue weighted by molar-refractivity contribution is 6.09. The Balaban J connectivity index is 1.30. The molecule has 0 bridgehead atoms. The predicted octanol–water partition coefficient (Wildman–Crippen LogP) is 3.84. The maximum absolute atomic E-state index is 12.6. The summed E-state index contributed by atoms with van der Waals surface area (Å²) in [5, 5.41) is 5.60. The van der Waals surface area contributed by atoms with E-state index >= 15 is 0 Å². The molecule has 1 aliphatic rings. The van der Waals surface area contributed by atoms with E-state index in [4.69, 9.17) is 9.47 Å². The number of ketones is 1. The van der Waals surface area contributed by atoms with Crippen molar-refractivity contribution in [3.63, 3.8) is 0 Å². The van der Waals surface area contributed by atoms with Crippen LogP contribution in [0.3, 0.4) is 0 Å². The summed E-state index contributed by atoms with van der Waals surface area (Å²) in [5.41, 5.74) is 1.92. The average molecular weight is 459 g/mol. The van der Waals surface area contributed by atoms with E-state index in [1.807, 2.05) is 18.2 Å². The molecule has 0 spiro atoms. The number of rotatable bonds is 9. The van der Waals surface area contributed by atoms with Gasteiger partial charge in [-0.1, -0.05) is 42.5 Å². The van der Waals surface area contributed by atoms with Gasteiger partial charge in [0.1, 0.15) is 5.75 Å². The Morgan fingerprint density at radius 3 is 2.32 bits per heavy atom. The first kappa shape index (κ1) is 23.2. The summed E-state index contributed by atoms with van der Waals surface area (Å²) in [6.07, 6.45) is 1.96. The second kappa shape index (κ2) is 11.2. The molecule has 7 heteroatoms. The molecule has 2 amide bonds. The summed E-state index contributed by atoms with van der Waals surface area (Å²) in [7, 11) is 0. The van der Waals surface area contributed by atoms with Crippen molar-refractivity contribution in [3.05, 3.63) is 95.6 Å². The molecule has 4 rings (SSSR count). The minimum Gasteiger partial charge on any atom is -0.484 e. The van der Waals surface area contributed by atoms with Crippen molar-refractivity contribution in [1.82, 2.24) is 5.32 Å². The van der Waals surface area contributed by atoms with Crippen LogP contribution in [0.25, 0.3) is 0 Å². The smallest absolute Gasteiger partial charge is 0.262 e. The monoisotopic (exact) mass is 458 g/mol. The van der Waals surface area contributed by atoms with E-state index < -0.39 is 5.91 Å². The molecule has 3 aromatic carbocycles. The molecule has 1 fully saturated rings. The van der Waals surface area contributed by atoms with Gasteiger partial charge in [-0.3, -0.25) is 14.4 Å². The van der Waals surface area contributed by atoms with E-state index in [1.54, 1.807) is 60.7 Å². The quantitative estimate of drug-likeness (QED) is 0.475. The highest BCUT2D eigenvalue weighted by Crippen LogP contribution is 2.18. The van der Waals surface area contributed by atoms with Gasteiger partial charge in [0, 0.05) is 24.3 Å². The summed E-state index contributed by atoms with van der Waals surface area (Å²) in [6, 6.07) is 22.4. The zero-order valence-corrected chi connectivity index (χ0v) is 18.7. The van der Waals surface area contributed by atoms with Crippen molar-refractivity contribution in [3.8, 4) is 5.75 Å². The summed E-state index contributed by atoms with van der Waals surface area (Å²) < 4.78 is 11.1. The number of benzene rings is 3. The van der Waals surface area contributed by atoms with Crippen LogP contribution in [-0.4, -0.2) is 43.5 Å². The molecule has 1 aliphatic heterocycles. The van der Waals surface area contributed by atoms with Crippen molar-refractivity contribution in [2.75, 3.05) is 25.1 Å². The van der Waals surface area contributed by atoms with Gasteiger partial charge < -0.3 is 20.1 Å². The normalized spacial score (nSPS) is 14.9. The molecule has 1 unspecified atom stereocenters. The molecule has 1 saturated heterocycles. The van der Waals surface area contributed by atoms with Gasteiger partial charge in [-0.05, 0) is 49.2 Å². The molecule has 174 valence electrons. The Kier molecular flexibility index (Phi) is 7.67. The summed E-state index contributed by atoms with van der Waals surface area (Å²) in [5.74, 6) is -0.295. The van der Waals surface area contributed by atoms with Gasteiger partial charge in [-0.25, -0.2) is 0 Å². The fraction of sp³-hybridized carbons (Fsp3) is 0.222. The van der Waals surface area contributed by atoms with Crippen molar-refractivity contribution >= 4 is 23.3 Å². The SMILES string of the molecule is O=C(COc1ccc(C(=O)c2ccccc2)cc1)Nc1ccccc1C(=O)NCC1CCCO1. The van der Waals surface area contributed by atoms with Crippen LogP contribution < -0.4 is 15.4 Å². The maximum Gasteiger partial charge on any atom is 0.262 e. The number of anilines is 1.